The summed E-state index contributed by atoms with van der Waals surface area (Å²) < 4.78 is 0.750. The summed E-state index contributed by atoms with van der Waals surface area (Å²) in [5.41, 5.74) is 0.655. The lowest BCUT2D eigenvalue weighted by Crippen LogP contribution is -2.37. The Bertz CT molecular complexity index is 455. The van der Waals surface area contributed by atoms with Gasteiger partial charge in [-0.05, 0) is 65.7 Å². The van der Waals surface area contributed by atoms with Gasteiger partial charge in [-0.15, -0.1) is 0 Å². The number of nitrogens with one attached hydrogen (secondary N) is 1. The van der Waals surface area contributed by atoms with E-state index in [1.54, 1.807) is 18.2 Å². The number of benzene rings is 1. The smallest absolute Gasteiger partial charge is 0.252 e. The van der Waals surface area contributed by atoms with Gasteiger partial charge in [-0.3, -0.25) is 4.79 Å². The molecule has 0 heterocycles. The normalized spacial score (nSPS) is 23.1. The molecule has 1 aliphatic rings. The number of hydrogen-bond donors (Lipinski definition) is 1. The Kier molecular flexibility index (Phi) is 5.28. The third-order valence-corrected chi connectivity index (χ3v) is 4.83. The summed E-state index contributed by atoms with van der Waals surface area (Å²) in [4.78, 5) is 12.2. The average Bonchev–Trinajstić information content (AvgIpc) is 2.39. The van der Waals surface area contributed by atoms with Crippen LogP contribution in [0.3, 0.4) is 0 Å². The minimum Gasteiger partial charge on any atom is -0.349 e. The fourth-order valence-electron chi connectivity index (χ4n) is 2.65. The SMILES string of the molecule is CCC1CCC(NC(=O)c2ccc(Cl)cc2Br)CC1. The van der Waals surface area contributed by atoms with Crippen molar-refractivity contribution < 1.29 is 4.79 Å². The Morgan fingerprint density at radius 2 is 2.05 bits per heavy atom. The van der Waals surface area contributed by atoms with Gasteiger partial charge in [-0.1, -0.05) is 24.9 Å². The highest BCUT2D eigenvalue weighted by atomic mass is 79.9. The molecule has 0 unspecified atom stereocenters. The zero-order valence-corrected chi connectivity index (χ0v) is 13.4. The third kappa shape index (κ3) is 3.96. The van der Waals surface area contributed by atoms with Crippen molar-refractivity contribution in [3.05, 3.63) is 33.3 Å². The second-order valence-electron chi connectivity index (χ2n) is 5.22. The standard InChI is InChI=1S/C15H19BrClNO/c1-2-10-3-6-12(7-4-10)18-15(19)13-8-5-11(17)9-14(13)16/h5,8-10,12H,2-4,6-7H2,1H3,(H,18,19). The molecule has 104 valence electrons. The van der Waals surface area contributed by atoms with E-state index in [1.165, 1.54) is 19.3 Å². The first kappa shape index (κ1) is 14.9. The van der Waals surface area contributed by atoms with Crippen LogP contribution in [0.15, 0.2) is 22.7 Å². The summed E-state index contributed by atoms with van der Waals surface area (Å²) >= 11 is 9.27. The van der Waals surface area contributed by atoms with Gasteiger partial charge in [0.1, 0.15) is 0 Å². The van der Waals surface area contributed by atoms with Crippen LogP contribution in [-0.4, -0.2) is 11.9 Å². The van der Waals surface area contributed by atoms with Crippen LogP contribution in [0.1, 0.15) is 49.4 Å². The first-order chi connectivity index (χ1) is 9.10. The van der Waals surface area contributed by atoms with Crippen LogP contribution in [0.5, 0.6) is 0 Å². The number of rotatable bonds is 3. The summed E-state index contributed by atoms with van der Waals surface area (Å²) in [5.74, 6) is 0.832. The molecule has 1 fully saturated rings. The molecule has 19 heavy (non-hydrogen) atoms. The highest BCUT2D eigenvalue weighted by Gasteiger charge is 2.22. The minimum absolute atomic E-state index is 0.0107. The zero-order valence-electron chi connectivity index (χ0n) is 11.1. The Morgan fingerprint density at radius 1 is 1.37 bits per heavy atom. The van der Waals surface area contributed by atoms with E-state index < -0.39 is 0 Å². The number of amides is 1. The van der Waals surface area contributed by atoms with E-state index in [2.05, 4.69) is 28.2 Å². The predicted octanol–water partition coefficient (Wildman–Crippen LogP) is 4.80. The van der Waals surface area contributed by atoms with Crippen molar-refractivity contribution in [2.75, 3.05) is 0 Å². The molecule has 0 bridgehead atoms. The van der Waals surface area contributed by atoms with E-state index in [4.69, 9.17) is 11.6 Å². The van der Waals surface area contributed by atoms with E-state index in [1.807, 2.05) is 0 Å². The highest BCUT2D eigenvalue weighted by molar-refractivity contribution is 9.10. The molecule has 0 aromatic heterocycles. The van der Waals surface area contributed by atoms with Crippen LogP contribution in [0.25, 0.3) is 0 Å². The quantitative estimate of drug-likeness (QED) is 0.838. The second kappa shape index (κ2) is 6.76. The average molecular weight is 345 g/mol. The number of carbonyl (C=O) groups excluding carboxylic acids is 1. The molecule has 0 saturated heterocycles. The number of halogens is 2. The zero-order chi connectivity index (χ0) is 13.8. The summed E-state index contributed by atoms with van der Waals surface area (Å²) in [6.07, 6.45) is 5.89. The Labute approximate surface area is 128 Å². The van der Waals surface area contributed by atoms with Crippen LogP contribution in [0, 0.1) is 5.92 Å². The van der Waals surface area contributed by atoms with Crippen molar-refractivity contribution in [3.8, 4) is 0 Å². The van der Waals surface area contributed by atoms with Crippen LogP contribution in [0.4, 0.5) is 0 Å². The van der Waals surface area contributed by atoms with Crippen LogP contribution in [0.2, 0.25) is 5.02 Å². The van der Waals surface area contributed by atoms with Gasteiger partial charge in [-0.25, -0.2) is 0 Å². The maximum absolute atomic E-state index is 12.2. The molecule has 0 aliphatic heterocycles. The van der Waals surface area contributed by atoms with Crippen molar-refractivity contribution in [1.29, 1.82) is 0 Å². The largest absolute Gasteiger partial charge is 0.349 e. The summed E-state index contributed by atoms with van der Waals surface area (Å²) in [6.45, 7) is 2.24. The van der Waals surface area contributed by atoms with Gasteiger partial charge in [0.25, 0.3) is 5.91 Å². The van der Waals surface area contributed by atoms with E-state index in [0.717, 1.165) is 23.2 Å². The third-order valence-electron chi connectivity index (χ3n) is 3.94. The Hall–Kier alpha value is -0.540. The van der Waals surface area contributed by atoms with E-state index in [9.17, 15) is 4.79 Å². The highest BCUT2D eigenvalue weighted by Crippen LogP contribution is 2.27. The van der Waals surface area contributed by atoms with Gasteiger partial charge in [0.05, 0.1) is 5.56 Å². The number of carbonyl (C=O) groups is 1. The Morgan fingerprint density at radius 3 is 2.63 bits per heavy atom. The fraction of sp³-hybridized carbons (Fsp3) is 0.533. The van der Waals surface area contributed by atoms with Gasteiger partial charge in [0.15, 0.2) is 0 Å². The van der Waals surface area contributed by atoms with Crippen LogP contribution >= 0.6 is 27.5 Å². The maximum Gasteiger partial charge on any atom is 0.252 e. The van der Waals surface area contributed by atoms with Gasteiger partial charge >= 0.3 is 0 Å². The van der Waals surface area contributed by atoms with Gasteiger partial charge in [0.2, 0.25) is 0 Å². The van der Waals surface area contributed by atoms with Crippen LogP contribution in [-0.2, 0) is 0 Å². The molecule has 2 rings (SSSR count). The lowest BCUT2D eigenvalue weighted by atomic mass is 9.84. The van der Waals surface area contributed by atoms with Gasteiger partial charge < -0.3 is 5.32 Å². The molecule has 4 heteroatoms. The molecule has 1 aliphatic carbocycles. The topological polar surface area (TPSA) is 29.1 Å². The minimum atomic E-state index is -0.0107. The van der Waals surface area contributed by atoms with Crippen molar-refractivity contribution in [3.63, 3.8) is 0 Å². The first-order valence-electron chi connectivity index (χ1n) is 6.86. The maximum atomic E-state index is 12.2. The first-order valence-corrected chi connectivity index (χ1v) is 8.03. The molecule has 2 nitrogen and oxygen atoms in total. The van der Waals surface area contributed by atoms with E-state index in [-0.39, 0.29) is 5.91 Å². The molecule has 0 spiro atoms. The summed E-state index contributed by atoms with van der Waals surface area (Å²) in [5, 5.41) is 3.76. The molecule has 0 radical (unpaired) electrons. The van der Waals surface area contributed by atoms with Crippen molar-refractivity contribution in [2.24, 2.45) is 5.92 Å². The molecule has 1 amide bonds. The molecule has 1 aromatic rings. The lowest BCUT2D eigenvalue weighted by Gasteiger charge is -2.28. The molecule has 1 aromatic carbocycles. The van der Waals surface area contributed by atoms with Crippen molar-refractivity contribution in [1.82, 2.24) is 5.32 Å². The molecule has 1 N–H and O–H groups in total. The second-order valence-corrected chi connectivity index (χ2v) is 6.51. The summed E-state index contributed by atoms with van der Waals surface area (Å²) in [7, 11) is 0. The molecular formula is C15H19BrClNO. The van der Waals surface area contributed by atoms with E-state index >= 15 is 0 Å². The van der Waals surface area contributed by atoms with Crippen molar-refractivity contribution >= 4 is 33.4 Å². The molecule has 0 atom stereocenters. The summed E-state index contributed by atoms with van der Waals surface area (Å²) in [6, 6.07) is 5.58. The fourth-order valence-corrected chi connectivity index (χ4v) is 3.51. The van der Waals surface area contributed by atoms with Crippen LogP contribution < -0.4 is 5.32 Å². The van der Waals surface area contributed by atoms with E-state index in [0.29, 0.717) is 16.6 Å². The predicted molar refractivity (Wildman–Crippen MR) is 82.7 cm³/mol. The molecule has 1 saturated carbocycles. The lowest BCUT2D eigenvalue weighted by molar-refractivity contribution is 0.0921. The number of hydrogen-bond acceptors (Lipinski definition) is 1. The van der Waals surface area contributed by atoms with Gasteiger partial charge in [-0.2, -0.15) is 0 Å². The van der Waals surface area contributed by atoms with Crippen molar-refractivity contribution in [2.45, 2.75) is 45.1 Å². The Balaban J connectivity index is 1.94. The van der Waals surface area contributed by atoms with Gasteiger partial charge in [0, 0.05) is 15.5 Å². The monoisotopic (exact) mass is 343 g/mol. The molecular weight excluding hydrogens is 326 g/mol.